The fraction of sp³-hybridized carbons (Fsp3) is 0.0909. The number of nitrogens with two attached hydrogens (primary N) is 1. The van der Waals surface area contributed by atoms with E-state index in [1.807, 2.05) is 36.4 Å². The number of nitriles is 1. The van der Waals surface area contributed by atoms with Crippen LogP contribution in [0.3, 0.4) is 0 Å². The first-order valence-electron chi connectivity index (χ1n) is 4.38. The van der Waals surface area contributed by atoms with Crippen LogP contribution >= 0.6 is 12.2 Å². The fourth-order valence-electron chi connectivity index (χ4n) is 1.03. The van der Waals surface area contributed by atoms with E-state index in [0.29, 0.717) is 16.3 Å². The molecule has 1 aromatic carbocycles. The van der Waals surface area contributed by atoms with Gasteiger partial charge in [0.2, 0.25) is 0 Å². The van der Waals surface area contributed by atoms with Crippen molar-refractivity contribution in [3.8, 4) is 6.07 Å². The molecule has 1 rings (SSSR count). The predicted molar refractivity (Wildman–Crippen MR) is 65.2 cm³/mol. The second kappa shape index (κ2) is 5.13. The van der Waals surface area contributed by atoms with Gasteiger partial charge in [-0.05, 0) is 19.1 Å². The van der Waals surface area contributed by atoms with Gasteiger partial charge in [-0.2, -0.15) is 5.26 Å². The summed E-state index contributed by atoms with van der Waals surface area (Å²) in [5, 5.41) is 11.8. The van der Waals surface area contributed by atoms with Crippen LogP contribution in [0.15, 0.2) is 41.6 Å². The standard InChI is InChI=1S/C11H11N3S/c1-8(13)10(7-12)11(15)14-9-5-3-2-4-6-9/h2-6H,13H2,1H3,(H,14,15)/b10-8+. The molecule has 0 amide bonds. The molecule has 0 aliphatic carbocycles. The Hall–Kier alpha value is -1.86. The van der Waals surface area contributed by atoms with Crippen molar-refractivity contribution in [1.82, 2.24) is 0 Å². The first-order valence-corrected chi connectivity index (χ1v) is 4.79. The molecular weight excluding hydrogens is 206 g/mol. The minimum Gasteiger partial charge on any atom is -0.401 e. The summed E-state index contributed by atoms with van der Waals surface area (Å²) in [7, 11) is 0. The molecule has 3 N–H and O–H groups in total. The molecule has 0 spiro atoms. The first kappa shape index (κ1) is 11.2. The van der Waals surface area contributed by atoms with Crippen molar-refractivity contribution in [2.75, 3.05) is 5.32 Å². The molecule has 0 saturated carbocycles. The van der Waals surface area contributed by atoms with Gasteiger partial charge >= 0.3 is 0 Å². The molecule has 76 valence electrons. The van der Waals surface area contributed by atoms with Crippen molar-refractivity contribution in [2.24, 2.45) is 5.73 Å². The number of benzene rings is 1. The summed E-state index contributed by atoms with van der Waals surface area (Å²) >= 11 is 5.06. The minimum atomic E-state index is 0.314. The van der Waals surface area contributed by atoms with Crippen molar-refractivity contribution in [3.05, 3.63) is 41.6 Å². The average Bonchev–Trinajstić information content (AvgIpc) is 2.19. The molecule has 15 heavy (non-hydrogen) atoms. The summed E-state index contributed by atoms with van der Waals surface area (Å²) in [5.74, 6) is 0. The maximum atomic E-state index is 8.83. The number of para-hydroxylation sites is 1. The van der Waals surface area contributed by atoms with Crippen LogP contribution in [0.4, 0.5) is 5.69 Å². The highest BCUT2D eigenvalue weighted by Crippen LogP contribution is 2.09. The molecular formula is C11H11N3S. The van der Waals surface area contributed by atoms with E-state index in [1.54, 1.807) is 6.92 Å². The molecule has 0 aliphatic heterocycles. The highest BCUT2D eigenvalue weighted by Gasteiger charge is 2.06. The third-order valence-corrected chi connectivity index (χ3v) is 2.07. The number of nitrogens with zero attached hydrogens (tertiary/aromatic N) is 1. The van der Waals surface area contributed by atoms with Gasteiger partial charge in [0.1, 0.15) is 16.6 Å². The molecule has 4 heteroatoms. The largest absolute Gasteiger partial charge is 0.401 e. The maximum Gasteiger partial charge on any atom is 0.123 e. The Kier molecular flexibility index (Phi) is 3.83. The highest BCUT2D eigenvalue weighted by molar-refractivity contribution is 7.81. The van der Waals surface area contributed by atoms with Gasteiger partial charge < -0.3 is 11.1 Å². The van der Waals surface area contributed by atoms with Crippen molar-refractivity contribution in [3.63, 3.8) is 0 Å². The number of thiocarbonyl (C=S) groups is 1. The number of hydrogen-bond donors (Lipinski definition) is 2. The zero-order valence-corrected chi connectivity index (χ0v) is 9.14. The highest BCUT2D eigenvalue weighted by atomic mass is 32.1. The van der Waals surface area contributed by atoms with E-state index < -0.39 is 0 Å². The van der Waals surface area contributed by atoms with Gasteiger partial charge in [0.25, 0.3) is 0 Å². The zero-order valence-electron chi connectivity index (χ0n) is 8.32. The van der Waals surface area contributed by atoms with Crippen LogP contribution in [0.25, 0.3) is 0 Å². The van der Waals surface area contributed by atoms with Gasteiger partial charge in [0.05, 0.1) is 0 Å². The molecule has 0 unspecified atom stereocenters. The summed E-state index contributed by atoms with van der Waals surface area (Å²) in [4.78, 5) is 0.351. The molecule has 0 fully saturated rings. The number of hydrogen-bond acceptors (Lipinski definition) is 3. The van der Waals surface area contributed by atoms with Crippen LogP contribution in [0, 0.1) is 11.3 Å². The van der Waals surface area contributed by atoms with Crippen molar-refractivity contribution in [2.45, 2.75) is 6.92 Å². The van der Waals surface area contributed by atoms with E-state index in [1.165, 1.54) is 0 Å². The summed E-state index contributed by atoms with van der Waals surface area (Å²) in [5.41, 5.74) is 7.11. The molecule has 0 aromatic heterocycles. The normalized spacial score (nSPS) is 11.2. The lowest BCUT2D eigenvalue weighted by atomic mass is 10.2. The summed E-state index contributed by atoms with van der Waals surface area (Å²) in [6.45, 7) is 1.65. The Bertz CT molecular complexity index is 425. The Labute approximate surface area is 94.2 Å². The molecule has 0 heterocycles. The van der Waals surface area contributed by atoms with Gasteiger partial charge in [0.15, 0.2) is 0 Å². The van der Waals surface area contributed by atoms with E-state index in [4.69, 9.17) is 23.2 Å². The Morgan fingerprint density at radius 3 is 2.47 bits per heavy atom. The van der Waals surface area contributed by atoms with Crippen molar-refractivity contribution in [1.29, 1.82) is 5.26 Å². The lowest BCUT2D eigenvalue weighted by molar-refractivity contribution is 1.29. The molecule has 1 aromatic rings. The topological polar surface area (TPSA) is 61.8 Å². The molecule has 0 aliphatic rings. The monoisotopic (exact) mass is 217 g/mol. The zero-order chi connectivity index (χ0) is 11.3. The molecule has 0 bridgehead atoms. The van der Waals surface area contributed by atoms with Crippen LogP contribution in [0.2, 0.25) is 0 Å². The number of rotatable bonds is 2. The number of anilines is 1. The second-order valence-electron chi connectivity index (χ2n) is 2.99. The third-order valence-electron chi connectivity index (χ3n) is 1.76. The van der Waals surface area contributed by atoms with Crippen LogP contribution in [0.1, 0.15) is 6.92 Å². The van der Waals surface area contributed by atoms with Crippen LogP contribution in [-0.4, -0.2) is 4.99 Å². The lowest BCUT2D eigenvalue weighted by Crippen LogP contribution is -2.14. The molecule has 0 radical (unpaired) electrons. The summed E-state index contributed by atoms with van der Waals surface area (Å²) in [6, 6.07) is 11.4. The Morgan fingerprint density at radius 1 is 1.40 bits per heavy atom. The smallest absolute Gasteiger partial charge is 0.123 e. The molecule has 0 atom stereocenters. The van der Waals surface area contributed by atoms with Crippen molar-refractivity contribution < 1.29 is 0 Å². The van der Waals surface area contributed by atoms with Gasteiger partial charge in [0, 0.05) is 11.4 Å². The third kappa shape index (κ3) is 3.08. The van der Waals surface area contributed by atoms with Gasteiger partial charge in [-0.3, -0.25) is 0 Å². The van der Waals surface area contributed by atoms with E-state index in [2.05, 4.69) is 5.32 Å². The fourth-order valence-corrected chi connectivity index (χ4v) is 1.36. The SMILES string of the molecule is C/C(N)=C(/C#N)C(=S)Nc1ccccc1. The second-order valence-corrected chi connectivity index (χ2v) is 3.40. The van der Waals surface area contributed by atoms with E-state index in [-0.39, 0.29) is 0 Å². The maximum absolute atomic E-state index is 8.83. The van der Waals surface area contributed by atoms with Crippen LogP contribution in [0.5, 0.6) is 0 Å². The Morgan fingerprint density at radius 2 is 2.00 bits per heavy atom. The van der Waals surface area contributed by atoms with Crippen LogP contribution in [-0.2, 0) is 0 Å². The molecule has 0 saturated heterocycles. The van der Waals surface area contributed by atoms with E-state index >= 15 is 0 Å². The lowest BCUT2D eigenvalue weighted by Gasteiger charge is -2.07. The number of allylic oxidation sites excluding steroid dienone is 1. The van der Waals surface area contributed by atoms with Gasteiger partial charge in [-0.15, -0.1) is 0 Å². The summed E-state index contributed by atoms with van der Waals surface area (Å²) in [6.07, 6.45) is 0. The van der Waals surface area contributed by atoms with Gasteiger partial charge in [-0.1, -0.05) is 30.4 Å². The average molecular weight is 217 g/mol. The molecule has 3 nitrogen and oxygen atoms in total. The summed E-state index contributed by atoms with van der Waals surface area (Å²) < 4.78 is 0. The van der Waals surface area contributed by atoms with Crippen LogP contribution < -0.4 is 11.1 Å². The predicted octanol–water partition coefficient (Wildman–Crippen LogP) is 2.18. The number of nitrogens with one attached hydrogen (secondary N) is 1. The van der Waals surface area contributed by atoms with E-state index in [9.17, 15) is 0 Å². The van der Waals surface area contributed by atoms with E-state index in [0.717, 1.165) is 5.69 Å². The minimum absolute atomic E-state index is 0.314. The quantitative estimate of drug-likeness (QED) is 0.453. The van der Waals surface area contributed by atoms with Crippen molar-refractivity contribution >= 4 is 22.9 Å². The first-order chi connectivity index (χ1) is 7.15. The van der Waals surface area contributed by atoms with Gasteiger partial charge in [-0.25, -0.2) is 0 Å². The Balaban J connectivity index is 2.82.